The number of anilines is 2. The van der Waals surface area contributed by atoms with Crippen LogP contribution in [-0.4, -0.2) is 29.6 Å². The molecule has 0 fully saturated rings. The smallest absolute Gasteiger partial charge is 0.220 e. The summed E-state index contributed by atoms with van der Waals surface area (Å²) in [7, 11) is 1.50. The van der Waals surface area contributed by atoms with Crippen molar-refractivity contribution in [1.82, 2.24) is 9.97 Å². The van der Waals surface area contributed by atoms with E-state index in [-0.39, 0.29) is 18.8 Å². The summed E-state index contributed by atoms with van der Waals surface area (Å²) in [4.78, 5) is 19.3. The number of primary amides is 1. The number of halogens is 1. The number of ether oxygens (including phenoxy) is 2. The highest BCUT2D eigenvalue weighted by molar-refractivity contribution is 5.93. The van der Waals surface area contributed by atoms with Crippen molar-refractivity contribution < 1.29 is 18.7 Å². The molecule has 0 bridgehead atoms. The first-order valence-corrected chi connectivity index (χ1v) is 8.25. The van der Waals surface area contributed by atoms with Crippen LogP contribution < -0.4 is 20.5 Å². The Bertz CT molecular complexity index is 994. The molecule has 140 valence electrons. The van der Waals surface area contributed by atoms with E-state index in [2.05, 4.69) is 15.3 Å². The zero-order valence-electron chi connectivity index (χ0n) is 15.0. The second-order valence-electron chi connectivity index (χ2n) is 5.92. The first-order valence-electron chi connectivity index (χ1n) is 8.25. The predicted octanol–water partition coefficient (Wildman–Crippen LogP) is 3.08. The van der Waals surface area contributed by atoms with Crippen LogP contribution >= 0.6 is 0 Å². The molecule has 8 heteroatoms. The number of nitrogens with zero attached hydrogens (tertiary/aromatic N) is 2. The van der Waals surface area contributed by atoms with Gasteiger partial charge in [-0.15, -0.1) is 0 Å². The van der Waals surface area contributed by atoms with Crippen LogP contribution in [0.4, 0.5) is 15.9 Å². The maximum absolute atomic E-state index is 14.2. The number of nitrogens with two attached hydrogens (primary N) is 1. The van der Waals surface area contributed by atoms with E-state index < -0.39 is 5.91 Å². The highest BCUT2D eigenvalue weighted by atomic mass is 19.1. The van der Waals surface area contributed by atoms with Crippen LogP contribution in [0.2, 0.25) is 0 Å². The monoisotopic (exact) mass is 370 g/mol. The maximum Gasteiger partial charge on any atom is 0.220 e. The topological polar surface area (TPSA) is 99.4 Å². The van der Waals surface area contributed by atoms with Gasteiger partial charge in [0.1, 0.15) is 18.0 Å². The summed E-state index contributed by atoms with van der Waals surface area (Å²) in [5, 5.41) is 3.62. The molecule has 7 nitrogen and oxygen atoms in total. The molecule has 0 aliphatic rings. The minimum Gasteiger partial charge on any atom is -0.493 e. The maximum atomic E-state index is 14.2. The van der Waals surface area contributed by atoms with Crippen LogP contribution in [0.15, 0.2) is 36.7 Å². The number of aromatic nitrogens is 2. The highest BCUT2D eigenvalue weighted by Gasteiger charge is 2.13. The Morgan fingerprint density at radius 2 is 2.04 bits per heavy atom. The van der Waals surface area contributed by atoms with E-state index in [0.717, 1.165) is 5.56 Å². The van der Waals surface area contributed by atoms with Crippen molar-refractivity contribution in [1.29, 1.82) is 0 Å². The van der Waals surface area contributed by atoms with E-state index in [1.807, 2.05) is 6.92 Å². The summed E-state index contributed by atoms with van der Waals surface area (Å²) in [6, 6.07) is 8.27. The Kier molecular flexibility index (Phi) is 5.35. The fraction of sp³-hybridized carbons (Fsp3) is 0.211. The molecule has 3 aromatic rings. The summed E-state index contributed by atoms with van der Waals surface area (Å²) >= 11 is 0. The number of amides is 1. The zero-order chi connectivity index (χ0) is 19.4. The first kappa shape index (κ1) is 18.4. The van der Waals surface area contributed by atoms with Gasteiger partial charge in [-0.2, -0.15) is 0 Å². The minimum atomic E-state index is -0.455. The number of aryl methyl sites for hydroxylation is 1. The fourth-order valence-corrected chi connectivity index (χ4v) is 2.55. The Labute approximate surface area is 155 Å². The zero-order valence-corrected chi connectivity index (χ0v) is 15.0. The van der Waals surface area contributed by atoms with Crippen LogP contribution in [0.1, 0.15) is 12.0 Å². The van der Waals surface area contributed by atoms with Gasteiger partial charge in [0.25, 0.3) is 0 Å². The molecule has 0 aliphatic carbocycles. The molecular weight excluding hydrogens is 351 g/mol. The lowest BCUT2D eigenvalue weighted by molar-refractivity contribution is -0.118. The second-order valence-corrected chi connectivity index (χ2v) is 5.92. The van der Waals surface area contributed by atoms with Crippen LogP contribution in [0, 0.1) is 12.7 Å². The molecule has 27 heavy (non-hydrogen) atoms. The number of rotatable bonds is 7. The highest BCUT2D eigenvalue weighted by Crippen LogP contribution is 2.35. The van der Waals surface area contributed by atoms with Crippen molar-refractivity contribution in [3.63, 3.8) is 0 Å². The summed E-state index contributed by atoms with van der Waals surface area (Å²) in [5.74, 6) is 0.472. The van der Waals surface area contributed by atoms with Crippen molar-refractivity contribution in [2.75, 3.05) is 19.0 Å². The number of methoxy groups -OCH3 is 1. The first-order chi connectivity index (χ1) is 13.0. The summed E-state index contributed by atoms with van der Waals surface area (Å²) in [5.41, 5.74) is 6.83. The molecule has 0 saturated carbocycles. The Morgan fingerprint density at radius 3 is 2.74 bits per heavy atom. The van der Waals surface area contributed by atoms with E-state index in [9.17, 15) is 9.18 Å². The average molecular weight is 370 g/mol. The normalized spacial score (nSPS) is 10.6. The number of hydrogen-bond donors (Lipinski definition) is 2. The van der Waals surface area contributed by atoms with Crippen molar-refractivity contribution in [3.8, 4) is 11.5 Å². The van der Waals surface area contributed by atoms with Gasteiger partial charge < -0.3 is 20.5 Å². The molecule has 1 heterocycles. The SMILES string of the molecule is COc1cc2c(Nc3ccc(C)cc3F)ncnc2cc1OCCC(N)=O. The van der Waals surface area contributed by atoms with E-state index in [0.29, 0.717) is 33.9 Å². The summed E-state index contributed by atoms with van der Waals surface area (Å²) in [6.07, 6.45) is 1.46. The molecule has 0 aliphatic heterocycles. The van der Waals surface area contributed by atoms with Crippen LogP contribution in [0.3, 0.4) is 0 Å². The van der Waals surface area contributed by atoms with E-state index in [1.165, 1.54) is 19.5 Å². The third-order valence-corrected chi connectivity index (χ3v) is 3.90. The van der Waals surface area contributed by atoms with Gasteiger partial charge >= 0.3 is 0 Å². The van der Waals surface area contributed by atoms with Crippen LogP contribution in [0.5, 0.6) is 11.5 Å². The Morgan fingerprint density at radius 1 is 1.22 bits per heavy atom. The molecule has 0 spiro atoms. The summed E-state index contributed by atoms with van der Waals surface area (Å²) < 4.78 is 25.1. The lowest BCUT2D eigenvalue weighted by Gasteiger charge is -2.14. The molecule has 1 amide bonds. The minimum absolute atomic E-state index is 0.0878. The van der Waals surface area contributed by atoms with Gasteiger partial charge in [-0.25, -0.2) is 14.4 Å². The van der Waals surface area contributed by atoms with Gasteiger partial charge in [-0.05, 0) is 30.7 Å². The van der Waals surface area contributed by atoms with E-state index >= 15 is 0 Å². The average Bonchev–Trinajstić information content (AvgIpc) is 2.63. The van der Waals surface area contributed by atoms with Gasteiger partial charge in [0, 0.05) is 11.5 Å². The number of nitrogens with one attached hydrogen (secondary N) is 1. The largest absolute Gasteiger partial charge is 0.493 e. The van der Waals surface area contributed by atoms with Gasteiger partial charge in [0.05, 0.1) is 31.3 Å². The third-order valence-electron chi connectivity index (χ3n) is 3.90. The Balaban J connectivity index is 1.96. The second kappa shape index (κ2) is 7.86. The molecule has 3 rings (SSSR count). The van der Waals surface area contributed by atoms with Gasteiger partial charge in [0.2, 0.25) is 5.91 Å². The molecule has 0 atom stereocenters. The molecule has 2 aromatic carbocycles. The fourth-order valence-electron chi connectivity index (χ4n) is 2.55. The van der Waals surface area contributed by atoms with Crippen LogP contribution in [-0.2, 0) is 4.79 Å². The van der Waals surface area contributed by atoms with Gasteiger partial charge in [-0.3, -0.25) is 4.79 Å². The van der Waals surface area contributed by atoms with Crippen molar-refractivity contribution in [2.45, 2.75) is 13.3 Å². The number of fused-ring (bicyclic) bond motifs is 1. The van der Waals surface area contributed by atoms with Crippen molar-refractivity contribution in [3.05, 3.63) is 48.0 Å². The lowest BCUT2D eigenvalue weighted by atomic mass is 10.2. The van der Waals surface area contributed by atoms with E-state index in [4.69, 9.17) is 15.2 Å². The molecule has 3 N–H and O–H groups in total. The predicted molar refractivity (Wildman–Crippen MR) is 99.8 cm³/mol. The Hall–Kier alpha value is -3.42. The standard InChI is InChI=1S/C19H19FN4O3/c1-11-3-4-14(13(20)7-11)24-19-12-8-16(26-2)17(27-6-5-18(21)25)9-15(12)22-10-23-19/h3-4,7-10H,5-6H2,1-2H3,(H2,21,25)(H,22,23,24). The lowest BCUT2D eigenvalue weighted by Crippen LogP contribution is -2.14. The summed E-state index contributed by atoms with van der Waals surface area (Å²) in [6.45, 7) is 1.94. The quantitative estimate of drug-likeness (QED) is 0.663. The number of carbonyl (C=O) groups excluding carboxylic acids is 1. The van der Waals surface area contributed by atoms with Crippen molar-refractivity contribution in [2.24, 2.45) is 5.73 Å². The molecule has 0 unspecified atom stereocenters. The van der Waals surface area contributed by atoms with E-state index in [1.54, 1.807) is 24.3 Å². The number of carbonyl (C=O) groups is 1. The van der Waals surface area contributed by atoms with Crippen LogP contribution in [0.25, 0.3) is 10.9 Å². The van der Waals surface area contributed by atoms with Gasteiger partial charge in [0.15, 0.2) is 11.5 Å². The van der Waals surface area contributed by atoms with Gasteiger partial charge in [-0.1, -0.05) is 6.07 Å². The molecular formula is C19H19FN4O3. The van der Waals surface area contributed by atoms with Crippen molar-refractivity contribution >= 4 is 28.3 Å². The number of hydrogen-bond acceptors (Lipinski definition) is 6. The number of benzene rings is 2. The molecule has 0 saturated heterocycles. The molecule has 1 aromatic heterocycles. The third kappa shape index (κ3) is 4.22. The molecule has 0 radical (unpaired) electrons.